The molecule has 0 amide bonds. The minimum Gasteiger partial charge on any atom is -0.478 e. The Hall–Kier alpha value is -2.44. The van der Waals surface area contributed by atoms with Crippen LogP contribution in [0.2, 0.25) is 0 Å². The predicted molar refractivity (Wildman–Crippen MR) is 50.5 cm³/mol. The summed E-state index contributed by atoms with van der Waals surface area (Å²) in [6.45, 7) is 0. The molecule has 0 bridgehead atoms. The average Bonchev–Trinajstić information content (AvgIpc) is 2.66. The van der Waals surface area contributed by atoms with E-state index in [1.54, 1.807) is 0 Å². The van der Waals surface area contributed by atoms with Gasteiger partial charge in [0.1, 0.15) is 5.82 Å². The topological polar surface area (TPSA) is 107 Å². The zero-order chi connectivity index (χ0) is 10.8. The highest BCUT2D eigenvalue weighted by Gasteiger charge is 2.08. The number of nitrogens with zero attached hydrogens (tertiary/aromatic N) is 4. The third-order valence-corrected chi connectivity index (χ3v) is 1.70. The van der Waals surface area contributed by atoms with E-state index < -0.39 is 5.97 Å². The first-order valence-corrected chi connectivity index (χ1v) is 4.03. The van der Waals surface area contributed by atoms with Gasteiger partial charge in [0, 0.05) is 12.4 Å². The lowest BCUT2D eigenvalue weighted by molar-refractivity contribution is 0.0697. The molecule has 0 saturated carbocycles. The van der Waals surface area contributed by atoms with Crippen molar-refractivity contribution in [3.8, 4) is 5.95 Å². The van der Waals surface area contributed by atoms with Crippen LogP contribution < -0.4 is 5.73 Å². The van der Waals surface area contributed by atoms with Crippen molar-refractivity contribution in [2.75, 3.05) is 5.73 Å². The van der Waals surface area contributed by atoms with E-state index in [2.05, 4.69) is 15.1 Å². The second-order valence-corrected chi connectivity index (χ2v) is 2.76. The molecule has 2 aromatic rings. The lowest BCUT2D eigenvalue weighted by atomic mass is 10.4. The fourth-order valence-electron chi connectivity index (χ4n) is 1.01. The maximum atomic E-state index is 10.6. The Labute approximate surface area is 84.2 Å². The highest BCUT2D eigenvalue weighted by Crippen LogP contribution is 2.04. The number of carboxylic acids is 1. The Balaban J connectivity index is 2.41. The van der Waals surface area contributed by atoms with Gasteiger partial charge in [0.25, 0.3) is 5.95 Å². The second-order valence-electron chi connectivity index (χ2n) is 2.76. The zero-order valence-corrected chi connectivity index (χ0v) is 7.53. The summed E-state index contributed by atoms with van der Waals surface area (Å²) in [4.78, 5) is 18.4. The second kappa shape index (κ2) is 3.37. The molecule has 0 spiro atoms. The van der Waals surface area contributed by atoms with Crippen LogP contribution in [0.15, 0.2) is 24.7 Å². The lowest BCUT2D eigenvalue weighted by Gasteiger charge is -1.98. The lowest BCUT2D eigenvalue weighted by Crippen LogP contribution is -2.03. The minimum absolute atomic E-state index is 0.0704. The van der Waals surface area contributed by atoms with Gasteiger partial charge in [-0.15, -0.1) is 0 Å². The maximum absolute atomic E-state index is 10.6. The Morgan fingerprint density at radius 3 is 2.93 bits per heavy atom. The SMILES string of the molecule is Nc1ccnc(-n2cc(C(=O)O)cn2)n1. The number of nitrogens with two attached hydrogens (primary N) is 1. The van der Waals surface area contributed by atoms with Crippen molar-refractivity contribution in [2.24, 2.45) is 0 Å². The van der Waals surface area contributed by atoms with Crippen molar-refractivity contribution < 1.29 is 9.90 Å². The molecule has 0 aliphatic carbocycles. The molecule has 3 N–H and O–H groups in total. The summed E-state index contributed by atoms with van der Waals surface area (Å²) in [7, 11) is 0. The predicted octanol–water partition coefficient (Wildman–Crippen LogP) is -0.0573. The molecule has 0 radical (unpaired) electrons. The van der Waals surface area contributed by atoms with E-state index in [1.165, 1.54) is 29.3 Å². The third kappa shape index (κ3) is 1.75. The molecule has 7 heteroatoms. The minimum atomic E-state index is -1.05. The standard InChI is InChI=1S/C8H7N5O2/c9-6-1-2-10-8(12-6)13-4-5(3-11-13)7(14)15/h1-4H,(H,14,15)(H2,9,10,12). The Kier molecular flexibility index (Phi) is 2.05. The van der Waals surface area contributed by atoms with Crippen LogP contribution in [-0.2, 0) is 0 Å². The molecule has 0 atom stereocenters. The van der Waals surface area contributed by atoms with Crippen molar-refractivity contribution in [2.45, 2.75) is 0 Å². The summed E-state index contributed by atoms with van der Waals surface area (Å²) in [5.74, 6) is -0.514. The van der Waals surface area contributed by atoms with E-state index in [1.807, 2.05) is 0 Å². The molecular weight excluding hydrogens is 198 g/mol. The summed E-state index contributed by atoms with van der Waals surface area (Å²) < 4.78 is 1.25. The number of aromatic nitrogens is 4. The zero-order valence-electron chi connectivity index (χ0n) is 7.53. The fourth-order valence-corrected chi connectivity index (χ4v) is 1.01. The van der Waals surface area contributed by atoms with Crippen LogP contribution in [0.3, 0.4) is 0 Å². The van der Waals surface area contributed by atoms with Gasteiger partial charge in [-0.05, 0) is 6.07 Å². The van der Waals surface area contributed by atoms with Crippen LogP contribution in [-0.4, -0.2) is 30.8 Å². The van der Waals surface area contributed by atoms with Crippen molar-refractivity contribution >= 4 is 11.8 Å². The average molecular weight is 205 g/mol. The molecule has 0 aromatic carbocycles. The third-order valence-electron chi connectivity index (χ3n) is 1.70. The molecular formula is C8H7N5O2. The van der Waals surface area contributed by atoms with Crippen LogP contribution in [0.5, 0.6) is 0 Å². The van der Waals surface area contributed by atoms with Gasteiger partial charge in [-0.2, -0.15) is 10.1 Å². The van der Waals surface area contributed by atoms with Gasteiger partial charge in [0.15, 0.2) is 0 Å². The molecule has 0 saturated heterocycles. The maximum Gasteiger partial charge on any atom is 0.338 e. The molecule has 0 aliphatic heterocycles. The van der Waals surface area contributed by atoms with Gasteiger partial charge in [-0.1, -0.05) is 0 Å². The molecule has 2 aromatic heterocycles. The van der Waals surface area contributed by atoms with E-state index in [9.17, 15) is 4.79 Å². The summed E-state index contributed by atoms with van der Waals surface area (Å²) in [5.41, 5.74) is 5.52. The molecule has 76 valence electrons. The first-order valence-electron chi connectivity index (χ1n) is 4.03. The van der Waals surface area contributed by atoms with E-state index in [0.717, 1.165) is 0 Å². The Morgan fingerprint density at radius 2 is 2.33 bits per heavy atom. The van der Waals surface area contributed by atoms with Crippen LogP contribution in [0.4, 0.5) is 5.82 Å². The number of rotatable bonds is 2. The summed E-state index contributed by atoms with van der Waals surface area (Å²) in [6, 6.07) is 1.53. The van der Waals surface area contributed by atoms with Gasteiger partial charge in [0.2, 0.25) is 0 Å². The largest absolute Gasteiger partial charge is 0.478 e. The van der Waals surface area contributed by atoms with Crippen molar-refractivity contribution in [1.29, 1.82) is 0 Å². The van der Waals surface area contributed by atoms with Crippen molar-refractivity contribution in [3.05, 3.63) is 30.2 Å². The van der Waals surface area contributed by atoms with E-state index in [-0.39, 0.29) is 11.5 Å². The smallest absolute Gasteiger partial charge is 0.338 e. The van der Waals surface area contributed by atoms with Gasteiger partial charge in [-0.3, -0.25) is 0 Å². The molecule has 0 unspecified atom stereocenters. The first-order chi connectivity index (χ1) is 7.16. The highest BCUT2D eigenvalue weighted by molar-refractivity contribution is 5.86. The van der Waals surface area contributed by atoms with Gasteiger partial charge in [-0.25, -0.2) is 14.5 Å². The summed E-state index contributed by atoms with van der Waals surface area (Å²) >= 11 is 0. The molecule has 2 heterocycles. The van der Waals surface area contributed by atoms with Gasteiger partial charge < -0.3 is 10.8 Å². The number of carbonyl (C=O) groups is 1. The normalized spacial score (nSPS) is 10.1. The molecule has 15 heavy (non-hydrogen) atoms. The van der Waals surface area contributed by atoms with E-state index in [4.69, 9.17) is 10.8 Å². The van der Waals surface area contributed by atoms with E-state index >= 15 is 0 Å². The van der Waals surface area contributed by atoms with E-state index in [0.29, 0.717) is 5.82 Å². The van der Waals surface area contributed by atoms with Gasteiger partial charge in [0.05, 0.1) is 11.8 Å². The van der Waals surface area contributed by atoms with Crippen LogP contribution in [0.1, 0.15) is 10.4 Å². The number of hydrogen-bond acceptors (Lipinski definition) is 5. The van der Waals surface area contributed by atoms with Crippen molar-refractivity contribution in [1.82, 2.24) is 19.7 Å². The fraction of sp³-hybridized carbons (Fsp3) is 0. The molecule has 2 rings (SSSR count). The summed E-state index contributed by atoms with van der Waals surface area (Å²) in [6.07, 6.45) is 4.01. The number of anilines is 1. The molecule has 0 fully saturated rings. The molecule has 7 nitrogen and oxygen atoms in total. The first kappa shape index (κ1) is 9.13. The molecule has 0 aliphatic rings. The highest BCUT2D eigenvalue weighted by atomic mass is 16.4. The van der Waals surface area contributed by atoms with Crippen LogP contribution >= 0.6 is 0 Å². The van der Waals surface area contributed by atoms with Crippen LogP contribution in [0.25, 0.3) is 5.95 Å². The monoisotopic (exact) mass is 205 g/mol. The van der Waals surface area contributed by atoms with Crippen molar-refractivity contribution in [3.63, 3.8) is 0 Å². The number of nitrogen functional groups attached to an aromatic ring is 1. The summed E-state index contributed by atoms with van der Waals surface area (Å²) in [5, 5.41) is 12.5. The van der Waals surface area contributed by atoms with Gasteiger partial charge >= 0.3 is 5.97 Å². The Bertz CT molecular complexity index is 507. The number of carboxylic acid groups (broad SMARTS) is 1. The number of aromatic carboxylic acids is 1. The number of hydrogen-bond donors (Lipinski definition) is 2. The quantitative estimate of drug-likeness (QED) is 0.711. The Morgan fingerprint density at radius 1 is 1.53 bits per heavy atom. The van der Waals surface area contributed by atoms with Crippen LogP contribution in [0, 0.1) is 0 Å².